The Kier molecular flexibility index (Phi) is 5.96. The molecule has 2 aromatic rings. The van der Waals surface area contributed by atoms with Crippen molar-refractivity contribution >= 4 is 5.91 Å². The molecular formula is C20H31N7O2. The number of hydrogen-bond acceptors (Lipinski definition) is 6. The Morgan fingerprint density at radius 1 is 1.28 bits per heavy atom. The van der Waals surface area contributed by atoms with Gasteiger partial charge in [0.1, 0.15) is 5.82 Å². The molecule has 9 heteroatoms. The molecule has 1 spiro atoms. The maximum atomic E-state index is 12.5. The number of nitrogens with one attached hydrogen (secondary N) is 1. The number of carbonyl (C=O) groups is 1. The minimum Gasteiger partial charge on any atom is -0.383 e. The van der Waals surface area contributed by atoms with Crippen LogP contribution in [0.15, 0.2) is 12.4 Å². The van der Waals surface area contributed by atoms with E-state index in [9.17, 15) is 4.79 Å². The number of piperidine rings is 1. The zero-order valence-electron chi connectivity index (χ0n) is 17.4. The monoisotopic (exact) mass is 401 g/mol. The quantitative estimate of drug-likeness (QED) is 0.699. The average molecular weight is 402 g/mol. The first-order valence-corrected chi connectivity index (χ1v) is 10.6. The molecule has 0 radical (unpaired) electrons. The van der Waals surface area contributed by atoms with Gasteiger partial charge in [-0.15, -0.1) is 10.2 Å². The average Bonchev–Trinajstić information content (AvgIpc) is 3.36. The van der Waals surface area contributed by atoms with Crippen molar-refractivity contribution in [1.29, 1.82) is 0 Å². The first-order valence-electron chi connectivity index (χ1n) is 10.6. The number of aryl methyl sites for hydroxylation is 2. The second kappa shape index (κ2) is 8.62. The van der Waals surface area contributed by atoms with E-state index in [2.05, 4.69) is 38.6 Å². The molecule has 0 unspecified atom stereocenters. The maximum Gasteiger partial charge on any atom is 0.289 e. The van der Waals surface area contributed by atoms with E-state index in [0.29, 0.717) is 19.0 Å². The second-order valence-corrected chi connectivity index (χ2v) is 8.26. The molecule has 2 aromatic heterocycles. The molecule has 0 bridgehead atoms. The first-order chi connectivity index (χ1) is 14.1. The molecule has 4 heterocycles. The largest absolute Gasteiger partial charge is 0.383 e. The summed E-state index contributed by atoms with van der Waals surface area (Å²) in [6, 6.07) is 0. The number of likely N-dealkylation sites (tertiary alicyclic amines) is 1. The summed E-state index contributed by atoms with van der Waals surface area (Å²) in [7, 11) is 1.62. The van der Waals surface area contributed by atoms with Crippen LogP contribution in [0.2, 0.25) is 0 Å². The smallest absolute Gasteiger partial charge is 0.289 e. The normalized spacial score (nSPS) is 18.7. The van der Waals surface area contributed by atoms with Crippen molar-refractivity contribution < 1.29 is 9.53 Å². The number of ether oxygens (including phenoxy) is 1. The van der Waals surface area contributed by atoms with Gasteiger partial charge in [-0.2, -0.15) is 5.10 Å². The molecule has 0 saturated carbocycles. The molecule has 29 heavy (non-hydrogen) atoms. The van der Waals surface area contributed by atoms with Gasteiger partial charge in [0.2, 0.25) is 5.82 Å². The lowest BCUT2D eigenvalue weighted by Crippen LogP contribution is -2.44. The van der Waals surface area contributed by atoms with Gasteiger partial charge in [-0.05, 0) is 44.7 Å². The molecular weight excluding hydrogens is 370 g/mol. The van der Waals surface area contributed by atoms with E-state index in [1.54, 1.807) is 7.11 Å². The maximum absolute atomic E-state index is 12.5. The minimum atomic E-state index is -0.164. The number of rotatable bonds is 7. The summed E-state index contributed by atoms with van der Waals surface area (Å²) < 4.78 is 9.03. The molecule has 158 valence electrons. The highest BCUT2D eigenvalue weighted by Gasteiger charge is 2.39. The second-order valence-electron chi connectivity index (χ2n) is 8.26. The molecule has 4 rings (SSSR count). The summed E-state index contributed by atoms with van der Waals surface area (Å²) in [4.78, 5) is 15.0. The van der Waals surface area contributed by atoms with E-state index in [-0.39, 0.29) is 11.3 Å². The van der Waals surface area contributed by atoms with Crippen LogP contribution in [-0.4, -0.2) is 68.7 Å². The molecule has 2 aliphatic heterocycles. The molecule has 0 aromatic carbocycles. The van der Waals surface area contributed by atoms with E-state index >= 15 is 0 Å². The summed E-state index contributed by atoms with van der Waals surface area (Å²) in [5.74, 6) is 1.20. The third-order valence-electron chi connectivity index (χ3n) is 6.33. The van der Waals surface area contributed by atoms with Crippen LogP contribution in [0, 0.1) is 5.41 Å². The Hall–Kier alpha value is -2.26. The number of amides is 1. The molecule has 1 amide bonds. The molecule has 1 saturated heterocycles. The van der Waals surface area contributed by atoms with Crippen LogP contribution < -0.4 is 5.32 Å². The van der Waals surface area contributed by atoms with E-state index in [1.165, 1.54) is 5.56 Å². The van der Waals surface area contributed by atoms with Gasteiger partial charge >= 0.3 is 0 Å². The molecule has 1 fully saturated rings. The Morgan fingerprint density at radius 2 is 2.10 bits per heavy atom. The molecule has 9 nitrogen and oxygen atoms in total. The van der Waals surface area contributed by atoms with Crippen LogP contribution in [-0.2, 0) is 30.8 Å². The fourth-order valence-electron chi connectivity index (χ4n) is 4.50. The summed E-state index contributed by atoms with van der Waals surface area (Å²) >= 11 is 0. The van der Waals surface area contributed by atoms with Crippen LogP contribution in [0.1, 0.15) is 48.2 Å². The predicted molar refractivity (Wildman–Crippen MR) is 107 cm³/mol. The summed E-state index contributed by atoms with van der Waals surface area (Å²) in [6.45, 7) is 7.93. The third kappa shape index (κ3) is 4.35. The van der Waals surface area contributed by atoms with Crippen LogP contribution in [0.5, 0.6) is 0 Å². The zero-order chi connectivity index (χ0) is 20.3. The Morgan fingerprint density at radius 3 is 2.83 bits per heavy atom. The molecule has 2 aliphatic rings. The van der Waals surface area contributed by atoms with Gasteiger partial charge in [-0.3, -0.25) is 14.4 Å². The van der Waals surface area contributed by atoms with Gasteiger partial charge in [0.25, 0.3) is 5.91 Å². The van der Waals surface area contributed by atoms with Crippen molar-refractivity contribution in [2.45, 2.75) is 52.2 Å². The van der Waals surface area contributed by atoms with Crippen molar-refractivity contribution in [3.8, 4) is 0 Å². The van der Waals surface area contributed by atoms with Crippen molar-refractivity contribution in [2.75, 3.05) is 33.4 Å². The lowest BCUT2D eigenvalue weighted by Gasteiger charge is -2.44. The number of hydrogen-bond donors (Lipinski definition) is 1. The highest BCUT2D eigenvalue weighted by Crippen LogP contribution is 2.41. The van der Waals surface area contributed by atoms with Crippen molar-refractivity contribution in [2.24, 2.45) is 5.41 Å². The Balaban J connectivity index is 1.37. The summed E-state index contributed by atoms with van der Waals surface area (Å²) in [6.07, 6.45) is 8.41. The standard InChI is InChI=1S/C20H31N7O2/c1-3-26-14-16(12-22-26)13-25-9-6-20(7-10-25)5-4-17-23-24-18(27(17)15-20)19(28)21-8-11-29-2/h12,14H,3-11,13,15H2,1-2H3,(H,21,28). The number of aromatic nitrogens is 5. The van der Waals surface area contributed by atoms with Gasteiger partial charge in [-0.1, -0.05) is 0 Å². The van der Waals surface area contributed by atoms with Crippen LogP contribution >= 0.6 is 0 Å². The lowest BCUT2D eigenvalue weighted by molar-refractivity contribution is 0.0617. The van der Waals surface area contributed by atoms with Crippen LogP contribution in [0.4, 0.5) is 0 Å². The van der Waals surface area contributed by atoms with Crippen molar-refractivity contribution in [3.63, 3.8) is 0 Å². The van der Waals surface area contributed by atoms with Gasteiger partial charge in [0.15, 0.2) is 0 Å². The number of nitrogens with zero attached hydrogens (tertiary/aromatic N) is 6. The highest BCUT2D eigenvalue weighted by molar-refractivity contribution is 5.90. The number of carbonyl (C=O) groups excluding carboxylic acids is 1. The van der Waals surface area contributed by atoms with E-state index in [1.807, 2.05) is 15.4 Å². The summed E-state index contributed by atoms with van der Waals surface area (Å²) in [5.41, 5.74) is 1.52. The molecule has 1 N–H and O–H groups in total. The predicted octanol–water partition coefficient (Wildman–Crippen LogP) is 1.10. The number of fused-ring (bicyclic) bond motifs is 1. The minimum absolute atomic E-state index is 0.164. The molecule has 0 aliphatic carbocycles. The van der Waals surface area contributed by atoms with E-state index in [4.69, 9.17) is 4.74 Å². The zero-order valence-corrected chi connectivity index (χ0v) is 17.4. The van der Waals surface area contributed by atoms with Gasteiger partial charge in [0.05, 0.1) is 12.8 Å². The molecule has 0 atom stereocenters. The SMILES string of the molecule is CCn1cc(CN2CCC3(CCc4nnc(C(=O)NCCOC)n4C3)CC2)cn1. The van der Waals surface area contributed by atoms with Gasteiger partial charge in [0, 0.05) is 51.5 Å². The van der Waals surface area contributed by atoms with E-state index in [0.717, 1.165) is 64.2 Å². The van der Waals surface area contributed by atoms with Gasteiger partial charge < -0.3 is 14.6 Å². The third-order valence-corrected chi connectivity index (χ3v) is 6.33. The number of methoxy groups -OCH3 is 1. The summed E-state index contributed by atoms with van der Waals surface area (Å²) in [5, 5.41) is 15.7. The van der Waals surface area contributed by atoms with Crippen LogP contribution in [0.25, 0.3) is 0 Å². The fraction of sp³-hybridized carbons (Fsp3) is 0.700. The Bertz CT molecular complexity index is 836. The van der Waals surface area contributed by atoms with E-state index < -0.39 is 0 Å². The van der Waals surface area contributed by atoms with Crippen molar-refractivity contribution in [3.05, 3.63) is 29.6 Å². The highest BCUT2D eigenvalue weighted by atomic mass is 16.5. The van der Waals surface area contributed by atoms with Crippen molar-refractivity contribution in [1.82, 2.24) is 34.8 Å². The first kappa shape index (κ1) is 20.0. The van der Waals surface area contributed by atoms with Gasteiger partial charge in [-0.25, -0.2) is 0 Å². The fourth-order valence-corrected chi connectivity index (χ4v) is 4.50. The van der Waals surface area contributed by atoms with Crippen LogP contribution in [0.3, 0.4) is 0 Å². The lowest BCUT2D eigenvalue weighted by atomic mass is 9.73. The topological polar surface area (TPSA) is 90.1 Å². The Labute approximate surface area is 171 Å².